The number of aliphatic hydroxyl groups is 2. The Bertz CT molecular complexity index is 1200. The summed E-state index contributed by atoms with van der Waals surface area (Å²) >= 11 is 1.31. The van der Waals surface area contributed by atoms with Crippen LogP contribution in [0.15, 0.2) is 48.1 Å². The minimum Gasteiger partial charge on any atom is -0.380 e. The summed E-state index contributed by atoms with van der Waals surface area (Å²) in [5.74, 6) is -1.84. The van der Waals surface area contributed by atoms with E-state index in [1.807, 2.05) is 12.1 Å². The van der Waals surface area contributed by atoms with Gasteiger partial charge in [0.15, 0.2) is 17.3 Å². The molecule has 4 rings (SSSR count). The van der Waals surface area contributed by atoms with Gasteiger partial charge >= 0.3 is 0 Å². The number of carbonyl (C=O) groups excluding carboxylic acids is 2. The lowest BCUT2D eigenvalue weighted by molar-refractivity contribution is -0.154. The number of aliphatic hydroxyl groups excluding tert-OH is 2. The molecular weight excluding hydrogens is 487 g/mol. The molecular formula is C24H29FN6O4S. The van der Waals surface area contributed by atoms with Gasteiger partial charge in [-0.15, -0.1) is 11.3 Å². The molecule has 1 saturated heterocycles. The van der Waals surface area contributed by atoms with Crippen LogP contribution < -0.4 is 10.6 Å². The first-order chi connectivity index (χ1) is 17.1. The van der Waals surface area contributed by atoms with Gasteiger partial charge in [0.05, 0.1) is 30.0 Å². The molecule has 4 N–H and O–H groups in total. The van der Waals surface area contributed by atoms with Crippen molar-refractivity contribution >= 4 is 28.3 Å². The second-order valence-electron chi connectivity index (χ2n) is 9.09. The van der Waals surface area contributed by atoms with Gasteiger partial charge in [0.2, 0.25) is 0 Å². The van der Waals surface area contributed by atoms with E-state index in [1.165, 1.54) is 18.3 Å². The highest BCUT2D eigenvalue weighted by atomic mass is 32.1. The largest absolute Gasteiger partial charge is 0.380 e. The fraction of sp³-hybridized carbons (Fsp3) is 0.417. The number of hydrogen-bond donors (Lipinski definition) is 4. The van der Waals surface area contributed by atoms with Crippen LogP contribution in [0.3, 0.4) is 0 Å². The molecule has 1 fully saturated rings. The lowest BCUT2D eigenvalue weighted by atomic mass is 10.0. The SMILES string of the molecule is CNc1nc([C@H]2CC(C)(F)CN2C(=O)[C@H](O)[C@@H](O)C(=O)N[C@H](C)c2ccc(-n3cccn3)cc2)cs1. The highest BCUT2D eigenvalue weighted by Crippen LogP contribution is 2.41. The summed E-state index contributed by atoms with van der Waals surface area (Å²) in [6.07, 6.45) is -0.623. The second-order valence-corrected chi connectivity index (χ2v) is 9.95. The van der Waals surface area contributed by atoms with Crippen LogP contribution in [0.1, 0.15) is 43.6 Å². The zero-order valence-corrected chi connectivity index (χ0v) is 20.9. The van der Waals surface area contributed by atoms with Crippen LogP contribution >= 0.6 is 11.3 Å². The van der Waals surface area contributed by atoms with E-state index in [0.29, 0.717) is 10.8 Å². The standard InChI is InChI=1S/C24H29FN6O4S/c1-14(15-5-7-16(8-6-15)31-10-4-9-27-31)28-21(34)19(32)20(33)22(35)30-13-24(2,25)11-18(30)17-12-36-23(26-3)29-17/h4-10,12,14,18-20,32-33H,11,13H2,1-3H3,(H,26,29)(H,28,34)/t14-,18-,19-,20-,24?/m1/s1. The lowest BCUT2D eigenvalue weighted by Crippen LogP contribution is -2.51. The molecule has 0 radical (unpaired) electrons. The number of hydrogen-bond acceptors (Lipinski definition) is 8. The number of rotatable bonds is 8. The van der Waals surface area contributed by atoms with Gasteiger partial charge in [-0.05, 0) is 37.6 Å². The van der Waals surface area contributed by atoms with Crippen molar-refractivity contribution in [3.8, 4) is 5.69 Å². The number of halogens is 1. The summed E-state index contributed by atoms with van der Waals surface area (Å²) in [4.78, 5) is 31.2. The van der Waals surface area contributed by atoms with Crippen molar-refractivity contribution in [1.82, 2.24) is 25.0 Å². The Morgan fingerprint density at radius 3 is 2.58 bits per heavy atom. The van der Waals surface area contributed by atoms with Crippen molar-refractivity contribution in [1.29, 1.82) is 0 Å². The lowest BCUT2D eigenvalue weighted by Gasteiger charge is -2.28. The van der Waals surface area contributed by atoms with Gasteiger partial charge < -0.3 is 25.7 Å². The topological polar surface area (TPSA) is 133 Å². The predicted molar refractivity (Wildman–Crippen MR) is 132 cm³/mol. The third-order valence-corrected chi connectivity index (χ3v) is 7.08. The molecule has 192 valence electrons. The predicted octanol–water partition coefficient (Wildman–Crippen LogP) is 1.97. The molecule has 1 aromatic carbocycles. The molecule has 3 aromatic rings. The second kappa shape index (κ2) is 10.3. The van der Waals surface area contributed by atoms with E-state index in [4.69, 9.17) is 0 Å². The number of alkyl halides is 1. The van der Waals surface area contributed by atoms with Gasteiger partial charge in [0.1, 0.15) is 5.67 Å². The van der Waals surface area contributed by atoms with Crippen molar-refractivity contribution in [3.63, 3.8) is 0 Å². The van der Waals surface area contributed by atoms with Crippen molar-refractivity contribution in [2.75, 3.05) is 18.9 Å². The zero-order chi connectivity index (χ0) is 26.0. The van der Waals surface area contributed by atoms with Crippen LogP contribution in [0.5, 0.6) is 0 Å². The van der Waals surface area contributed by atoms with E-state index < -0.39 is 41.8 Å². The molecule has 10 nitrogen and oxygen atoms in total. The Hall–Kier alpha value is -3.35. The third-order valence-electron chi connectivity index (χ3n) is 6.20. The number of carbonyl (C=O) groups is 2. The molecule has 5 atom stereocenters. The van der Waals surface area contributed by atoms with Crippen LogP contribution in [0.4, 0.5) is 9.52 Å². The van der Waals surface area contributed by atoms with E-state index in [1.54, 1.807) is 54.6 Å². The Kier molecular flexibility index (Phi) is 7.38. The molecule has 0 aliphatic carbocycles. The van der Waals surface area contributed by atoms with Crippen molar-refractivity contribution in [2.24, 2.45) is 0 Å². The Balaban J connectivity index is 1.41. The molecule has 1 unspecified atom stereocenters. The van der Waals surface area contributed by atoms with Gasteiger partial charge in [0, 0.05) is 31.2 Å². The maximum atomic E-state index is 14.9. The first-order valence-electron chi connectivity index (χ1n) is 11.5. The first kappa shape index (κ1) is 25.7. The minimum atomic E-state index is -2.06. The monoisotopic (exact) mass is 516 g/mol. The summed E-state index contributed by atoms with van der Waals surface area (Å²) in [5, 5.41) is 33.0. The molecule has 0 saturated carbocycles. The van der Waals surface area contributed by atoms with E-state index in [0.717, 1.165) is 16.2 Å². The molecule has 2 amide bonds. The quantitative estimate of drug-likeness (QED) is 0.360. The normalized spacial score (nSPS) is 22.2. The number of amides is 2. The smallest absolute Gasteiger partial charge is 0.255 e. The average molecular weight is 517 g/mol. The summed E-state index contributed by atoms with van der Waals surface area (Å²) in [6, 6.07) is 7.85. The first-order valence-corrected chi connectivity index (χ1v) is 12.4. The van der Waals surface area contributed by atoms with E-state index in [-0.39, 0.29) is 13.0 Å². The zero-order valence-electron chi connectivity index (χ0n) is 20.1. The average Bonchev–Trinajstić information content (AvgIpc) is 3.62. The van der Waals surface area contributed by atoms with Crippen LogP contribution in [-0.2, 0) is 9.59 Å². The van der Waals surface area contributed by atoms with Crippen LogP contribution in [0.25, 0.3) is 5.69 Å². The van der Waals surface area contributed by atoms with Gasteiger partial charge in [-0.2, -0.15) is 5.10 Å². The molecule has 0 spiro atoms. The maximum absolute atomic E-state index is 14.9. The molecule has 1 aliphatic rings. The van der Waals surface area contributed by atoms with Gasteiger partial charge in [0.25, 0.3) is 11.8 Å². The molecule has 2 aromatic heterocycles. The van der Waals surface area contributed by atoms with Crippen LogP contribution in [0.2, 0.25) is 0 Å². The summed E-state index contributed by atoms with van der Waals surface area (Å²) < 4.78 is 16.6. The van der Waals surface area contributed by atoms with E-state index in [2.05, 4.69) is 20.7 Å². The minimum absolute atomic E-state index is 0.00774. The molecule has 36 heavy (non-hydrogen) atoms. The summed E-state index contributed by atoms with van der Waals surface area (Å²) in [6.45, 7) is 2.80. The molecule has 0 bridgehead atoms. The van der Waals surface area contributed by atoms with Crippen molar-refractivity contribution in [2.45, 2.75) is 50.2 Å². The molecule has 12 heteroatoms. The van der Waals surface area contributed by atoms with Crippen LogP contribution in [0, 0.1) is 0 Å². The number of aromatic nitrogens is 3. The fourth-order valence-electron chi connectivity index (χ4n) is 4.26. The van der Waals surface area contributed by atoms with Gasteiger partial charge in [-0.1, -0.05) is 12.1 Å². The Morgan fingerprint density at radius 2 is 1.97 bits per heavy atom. The van der Waals surface area contributed by atoms with Crippen LogP contribution in [-0.4, -0.2) is 73.2 Å². The summed E-state index contributed by atoms with van der Waals surface area (Å²) in [7, 11) is 1.70. The Labute approximate surface area is 211 Å². The Morgan fingerprint density at radius 1 is 1.25 bits per heavy atom. The summed E-state index contributed by atoms with van der Waals surface area (Å²) in [5.41, 5.74) is 0.375. The number of nitrogens with zero attached hydrogens (tertiary/aromatic N) is 4. The van der Waals surface area contributed by atoms with Gasteiger partial charge in [-0.25, -0.2) is 14.1 Å². The number of anilines is 1. The number of benzene rings is 1. The third kappa shape index (κ3) is 5.40. The number of likely N-dealkylation sites (tertiary alicyclic amines) is 1. The van der Waals surface area contributed by atoms with Crippen molar-refractivity contribution in [3.05, 3.63) is 59.4 Å². The molecule has 3 heterocycles. The van der Waals surface area contributed by atoms with Crippen molar-refractivity contribution < 1.29 is 24.2 Å². The van der Waals surface area contributed by atoms with E-state index in [9.17, 15) is 24.2 Å². The highest BCUT2D eigenvalue weighted by molar-refractivity contribution is 7.13. The highest BCUT2D eigenvalue weighted by Gasteiger charge is 2.47. The van der Waals surface area contributed by atoms with E-state index >= 15 is 0 Å². The maximum Gasteiger partial charge on any atom is 0.255 e. The fourth-order valence-corrected chi connectivity index (χ4v) is 4.98. The number of thiazole rings is 1. The molecule has 1 aliphatic heterocycles. The number of nitrogens with one attached hydrogen (secondary N) is 2. The van der Waals surface area contributed by atoms with Gasteiger partial charge in [-0.3, -0.25) is 9.59 Å².